The van der Waals surface area contributed by atoms with E-state index in [1.807, 2.05) is 6.92 Å². The van der Waals surface area contributed by atoms with Crippen LogP contribution in [-0.2, 0) is 4.79 Å². The van der Waals surface area contributed by atoms with Crippen LogP contribution in [0.2, 0.25) is 0 Å². The predicted molar refractivity (Wildman–Crippen MR) is 95.3 cm³/mol. The topological polar surface area (TPSA) is 93.5 Å². The summed E-state index contributed by atoms with van der Waals surface area (Å²) in [6.07, 6.45) is 0.881. The maximum Gasteiger partial charge on any atom is 0.255 e. The smallest absolute Gasteiger partial charge is 0.255 e. The molecule has 0 aromatic heterocycles. The van der Waals surface area contributed by atoms with E-state index in [4.69, 9.17) is 10.5 Å². The van der Waals surface area contributed by atoms with Crippen molar-refractivity contribution in [2.45, 2.75) is 20.3 Å². The van der Waals surface area contributed by atoms with Crippen LogP contribution in [0.15, 0.2) is 42.5 Å². The standard InChI is InChI=1S/C18H21N3O3/c1-3-9-24-17-8-7-13(10-16(17)19)18(23)21-15-6-4-5-14(11-15)20-12(2)22/h4-8,10-11H,3,9,19H2,1-2H3,(H,20,22)(H,21,23). The van der Waals surface area contributed by atoms with Crippen molar-refractivity contribution >= 4 is 28.9 Å². The van der Waals surface area contributed by atoms with E-state index in [9.17, 15) is 9.59 Å². The summed E-state index contributed by atoms with van der Waals surface area (Å²) in [5, 5.41) is 5.44. The number of anilines is 3. The SMILES string of the molecule is CCCOc1ccc(C(=O)Nc2cccc(NC(C)=O)c2)cc1N. The number of ether oxygens (including phenoxy) is 1. The van der Waals surface area contributed by atoms with Gasteiger partial charge in [0.2, 0.25) is 5.91 Å². The molecule has 0 aliphatic heterocycles. The van der Waals surface area contributed by atoms with Gasteiger partial charge >= 0.3 is 0 Å². The van der Waals surface area contributed by atoms with Crippen LogP contribution in [-0.4, -0.2) is 18.4 Å². The molecular weight excluding hydrogens is 306 g/mol. The Morgan fingerprint density at radius 3 is 2.42 bits per heavy atom. The lowest BCUT2D eigenvalue weighted by molar-refractivity contribution is -0.114. The maximum atomic E-state index is 12.3. The zero-order valence-corrected chi connectivity index (χ0v) is 13.8. The summed E-state index contributed by atoms with van der Waals surface area (Å²) < 4.78 is 5.49. The number of nitrogens with two attached hydrogens (primary N) is 1. The van der Waals surface area contributed by atoms with Crippen molar-refractivity contribution in [1.29, 1.82) is 0 Å². The molecule has 2 amide bonds. The molecule has 0 atom stereocenters. The molecule has 2 aromatic rings. The molecule has 0 bridgehead atoms. The summed E-state index contributed by atoms with van der Waals surface area (Å²) in [6.45, 7) is 4.01. The maximum absolute atomic E-state index is 12.3. The van der Waals surface area contributed by atoms with Gasteiger partial charge in [-0.2, -0.15) is 0 Å². The van der Waals surface area contributed by atoms with Gasteiger partial charge in [0.25, 0.3) is 5.91 Å². The Balaban J connectivity index is 2.09. The number of amides is 2. The summed E-state index contributed by atoms with van der Waals surface area (Å²) >= 11 is 0. The van der Waals surface area contributed by atoms with Gasteiger partial charge in [0.1, 0.15) is 5.75 Å². The average Bonchev–Trinajstić information content (AvgIpc) is 2.53. The lowest BCUT2D eigenvalue weighted by atomic mass is 10.1. The van der Waals surface area contributed by atoms with Crippen LogP contribution in [0.1, 0.15) is 30.6 Å². The summed E-state index contributed by atoms with van der Waals surface area (Å²) in [4.78, 5) is 23.4. The molecule has 2 rings (SSSR count). The number of carbonyl (C=O) groups excluding carboxylic acids is 2. The van der Waals surface area contributed by atoms with Crippen LogP contribution in [0, 0.1) is 0 Å². The predicted octanol–water partition coefficient (Wildman–Crippen LogP) is 3.27. The lowest BCUT2D eigenvalue weighted by Crippen LogP contribution is -2.13. The van der Waals surface area contributed by atoms with E-state index in [2.05, 4.69) is 10.6 Å². The van der Waals surface area contributed by atoms with Gasteiger partial charge in [-0.1, -0.05) is 13.0 Å². The number of nitrogens with one attached hydrogen (secondary N) is 2. The molecular formula is C18H21N3O3. The third-order valence-corrected chi connectivity index (χ3v) is 3.17. The van der Waals surface area contributed by atoms with Crippen molar-refractivity contribution < 1.29 is 14.3 Å². The molecule has 0 saturated heterocycles. The zero-order chi connectivity index (χ0) is 17.5. The molecule has 0 heterocycles. The summed E-state index contributed by atoms with van der Waals surface area (Å²) in [6, 6.07) is 11.8. The highest BCUT2D eigenvalue weighted by Crippen LogP contribution is 2.23. The van der Waals surface area contributed by atoms with Gasteiger partial charge in [-0.05, 0) is 42.8 Å². The van der Waals surface area contributed by atoms with E-state index < -0.39 is 0 Å². The highest BCUT2D eigenvalue weighted by Gasteiger charge is 2.10. The van der Waals surface area contributed by atoms with E-state index in [1.54, 1.807) is 42.5 Å². The van der Waals surface area contributed by atoms with E-state index in [0.29, 0.717) is 35.0 Å². The van der Waals surface area contributed by atoms with Gasteiger partial charge in [-0.3, -0.25) is 9.59 Å². The van der Waals surface area contributed by atoms with Crippen LogP contribution >= 0.6 is 0 Å². The van der Waals surface area contributed by atoms with Gasteiger partial charge in [0.05, 0.1) is 12.3 Å². The summed E-state index contributed by atoms with van der Waals surface area (Å²) in [5.74, 6) is 0.110. The second kappa shape index (κ2) is 8.01. The van der Waals surface area contributed by atoms with Gasteiger partial charge < -0.3 is 21.1 Å². The minimum Gasteiger partial charge on any atom is -0.491 e. The van der Waals surface area contributed by atoms with Crippen molar-refractivity contribution in [3.8, 4) is 5.75 Å². The fraction of sp³-hybridized carbons (Fsp3) is 0.222. The Morgan fingerprint density at radius 2 is 1.79 bits per heavy atom. The molecule has 126 valence electrons. The molecule has 6 heteroatoms. The fourth-order valence-corrected chi connectivity index (χ4v) is 2.11. The largest absolute Gasteiger partial charge is 0.491 e. The first-order valence-corrected chi connectivity index (χ1v) is 7.71. The number of hydrogen-bond donors (Lipinski definition) is 3. The minimum absolute atomic E-state index is 0.172. The van der Waals surface area contributed by atoms with E-state index in [-0.39, 0.29) is 11.8 Å². The van der Waals surface area contributed by atoms with E-state index in [1.165, 1.54) is 6.92 Å². The third-order valence-electron chi connectivity index (χ3n) is 3.17. The molecule has 2 aromatic carbocycles. The molecule has 4 N–H and O–H groups in total. The lowest BCUT2D eigenvalue weighted by Gasteiger charge is -2.11. The fourth-order valence-electron chi connectivity index (χ4n) is 2.11. The molecule has 0 radical (unpaired) electrons. The highest BCUT2D eigenvalue weighted by atomic mass is 16.5. The Bertz CT molecular complexity index is 744. The summed E-state index contributed by atoms with van der Waals surface area (Å²) in [7, 11) is 0. The number of hydrogen-bond acceptors (Lipinski definition) is 4. The van der Waals surface area contributed by atoms with Gasteiger partial charge in [0, 0.05) is 23.9 Å². The molecule has 0 fully saturated rings. The van der Waals surface area contributed by atoms with Crippen LogP contribution in [0.5, 0.6) is 5.75 Å². The first-order chi connectivity index (χ1) is 11.5. The number of nitrogen functional groups attached to an aromatic ring is 1. The minimum atomic E-state index is -0.288. The Hall–Kier alpha value is -3.02. The molecule has 0 unspecified atom stereocenters. The van der Waals surface area contributed by atoms with Gasteiger partial charge in [0.15, 0.2) is 0 Å². The zero-order valence-electron chi connectivity index (χ0n) is 13.8. The van der Waals surface area contributed by atoms with Crippen LogP contribution in [0.3, 0.4) is 0 Å². The molecule has 6 nitrogen and oxygen atoms in total. The van der Waals surface area contributed by atoms with Crippen molar-refractivity contribution in [1.82, 2.24) is 0 Å². The molecule has 24 heavy (non-hydrogen) atoms. The van der Waals surface area contributed by atoms with Crippen LogP contribution in [0.25, 0.3) is 0 Å². The Kier molecular flexibility index (Phi) is 5.78. The Labute approximate surface area is 141 Å². The quantitative estimate of drug-likeness (QED) is 0.710. The van der Waals surface area contributed by atoms with Crippen LogP contribution < -0.4 is 21.1 Å². The monoisotopic (exact) mass is 327 g/mol. The number of rotatable bonds is 6. The number of benzene rings is 2. The second-order valence-corrected chi connectivity index (χ2v) is 5.32. The first-order valence-electron chi connectivity index (χ1n) is 7.71. The second-order valence-electron chi connectivity index (χ2n) is 5.32. The molecule has 0 saturated carbocycles. The molecule has 0 spiro atoms. The van der Waals surface area contributed by atoms with E-state index >= 15 is 0 Å². The normalized spacial score (nSPS) is 10.1. The molecule has 0 aliphatic carbocycles. The Morgan fingerprint density at radius 1 is 1.08 bits per heavy atom. The van der Waals surface area contributed by atoms with Crippen molar-refractivity contribution in [3.63, 3.8) is 0 Å². The van der Waals surface area contributed by atoms with Crippen molar-refractivity contribution in [2.75, 3.05) is 23.0 Å². The van der Waals surface area contributed by atoms with E-state index in [0.717, 1.165) is 6.42 Å². The molecule has 0 aliphatic rings. The van der Waals surface area contributed by atoms with Crippen molar-refractivity contribution in [2.24, 2.45) is 0 Å². The highest BCUT2D eigenvalue weighted by molar-refractivity contribution is 6.05. The first kappa shape index (κ1) is 17.3. The van der Waals surface area contributed by atoms with Gasteiger partial charge in [-0.15, -0.1) is 0 Å². The van der Waals surface area contributed by atoms with Gasteiger partial charge in [-0.25, -0.2) is 0 Å². The third kappa shape index (κ3) is 4.74. The van der Waals surface area contributed by atoms with Crippen molar-refractivity contribution in [3.05, 3.63) is 48.0 Å². The summed E-state index contributed by atoms with van der Waals surface area (Å²) in [5.41, 5.74) is 7.96. The average molecular weight is 327 g/mol. The van der Waals surface area contributed by atoms with Crippen LogP contribution in [0.4, 0.5) is 17.1 Å². The number of carbonyl (C=O) groups is 2.